The summed E-state index contributed by atoms with van der Waals surface area (Å²) in [6, 6.07) is 17.0. The molecule has 0 unspecified atom stereocenters. The molecule has 8 heteroatoms. The van der Waals surface area contributed by atoms with Gasteiger partial charge < -0.3 is 15.4 Å². The van der Waals surface area contributed by atoms with Crippen molar-refractivity contribution in [3.63, 3.8) is 0 Å². The Morgan fingerprint density at radius 2 is 1.64 bits per heavy atom. The summed E-state index contributed by atoms with van der Waals surface area (Å²) in [5, 5.41) is 5.65. The van der Waals surface area contributed by atoms with Gasteiger partial charge in [-0.3, -0.25) is 4.79 Å². The Morgan fingerprint density at radius 3 is 2.33 bits per heavy atom. The maximum atomic E-state index is 13.0. The molecule has 170 valence electrons. The lowest BCUT2D eigenvalue weighted by Crippen LogP contribution is -2.35. The number of ether oxygens (including phenoxy) is 1. The topological polar surface area (TPSA) is 67.4 Å². The van der Waals surface area contributed by atoms with Gasteiger partial charge in [-0.2, -0.15) is 13.2 Å². The number of amides is 2. The minimum absolute atomic E-state index is 0.0706. The normalized spacial score (nSPS) is 15.0. The van der Waals surface area contributed by atoms with Crippen LogP contribution in [0.1, 0.15) is 27.0 Å². The minimum Gasteiger partial charge on any atom is -0.453 e. The molecule has 0 fully saturated rings. The maximum Gasteiger partial charge on any atom is 0.416 e. The molecule has 2 N–H and O–H groups in total. The van der Waals surface area contributed by atoms with Crippen LogP contribution in [0, 0.1) is 0 Å². The van der Waals surface area contributed by atoms with E-state index in [2.05, 4.69) is 15.4 Å². The van der Waals surface area contributed by atoms with E-state index in [1.807, 2.05) is 12.1 Å². The van der Waals surface area contributed by atoms with Gasteiger partial charge in [0.15, 0.2) is 0 Å². The highest BCUT2D eigenvalue weighted by Gasteiger charge is 2.30. The third-order valence-electron chi connectivity index (χ3n) is 5.60. The quantitative estimate of drug-likeness (QED) is 0.551. The zero-order valence-electron chi connectivity index (χ0n) is 17.7. The van der Waals surface area contributed by atoms with Crippen LogP contribution >= 0.6 is 0 Å². The molecule has 33 heavy (non-hydrogen) atoms. The molecule has 4 rings (SSSR count). The number of nitrogens with one attached hydrogen (secondary N) is 2. The van der Waals surface area contributed by atoms with Crippen molar-refractivity contribution in [3.8, 4) is 11.1 Å². The van der Waals surface area contributed by atoms with E-state index in [0.717, 1.165) is 23.3 Å². The second kappa shape index (κ2) is 8.97. The van der Waals surface area contributed by atoms with Crippen LogP contribution < -0.4 is 10.6 Å². The van der Waals surface area contributed by atoms with Gasteiger partial charge in [0, 0.05) is 17.3 Å². The second-order valence-corrected chi connectivity index (χ2v) is 7.80. The number of halogens is 3. The summed E-state index contributed by atoms with van der Waals surface area (Å²) in [7, 11) is 1.31. The summed E-state index contributed by atoms with van der Waals surface area (Å²) >= 11 is 0. The summed E-state index contributed by atoms with van der Waals surface area (Å²) in [6.45, 7) is 0. The number of methoxy groups -OCH3 is 1. The van der Waals surface area contributed by atoms with Crippen molar-refractivity contribution in [3.05, 3.63) is 89.0 Å². The van der Waals surface area contributed by atoms with Crippen molar-refractivity contribution in [1.29, 1.82) is 0 Å². The standard InChI is InChI=1S/C25H21F3N2O3/c1-33-24(32)30-20-12-16-8-11-19(13-17(16)14-20)29-23(31)22-5-3-2-4-21(22)15-6-9-18(10-7-15)25(26,27)28/h2-11,13,20H,12,14H2,1H3,(H,29,31)(H,30,32)/t20-/m0/s1. The average molecular weight is 454 g/mol. The first-order chi connectivity index (χ1) is 15.7. The fraction of sp³-hybridized carbons (Fsp3) is 0.200. The molecular weight excluding hydrogens is 433 g/mol. The third-order valence-corrected chi connectivity index (χ3v) is 5.60. The summed E-state index contributed by atoms with van der Waals surface area (Å²) in [4.78, 5) is 24.5. The third kappa shape index (κ3) is 5.00. The number of hydrogen-bond acceptors (Lipinski definition) is 3. The molecule has 0 heterocycles. The smallest absolute Gasteiger partial charge is 0.416 e. The van der Waals surface area contributed by atoms with Gasteiger partial charge in [-0.15, -0.1) is 0 Å². The fourth-order valence-corrected chi connectivity index (χ4v) is 3.99. The van der Waals surface area contributed by atoms with Gasteiger partial charge in [-0.05, 0) is 65.4 Å². The van der Waals surface area contributed by atoms with Crippen LogP contribution in [-0.2, 0) is 23.8 Å². The molecule has 5 nitrogen and oxygen atoms in total. The lowest BCUT2D eigenvalue weighted by atomic mass is 9.98. The number of alkyl carbamates (subject to hydrolysis) is 1. The molecular formula is C25H21F3N2O3. The van der Waals surface area contributed by atoms with Crippen LogP contribution in [0.2, 0.25) is 0 Å². The highest BCUT2D eigenvalue weighted by atomic mass is 19.4. The Bertz CT molecular complexity index is 1190. The molecule has 0 bridgehead atoms. The maximum absolute atomic E-state index is 13.0. The molecule has 3 aromatic carbocycles. The summed E-state index contributed by atoms with van der Waals surface area (Å²) in [5.74, 6) is -0.368. The number of alkyl halides is 3. The van der Waals surface area contributed by atoms with E-state index in [1.165, 1.54) is 19.2 Å². The Balaban J connectivity index is 1.52. The predicted molar refractivity (Wildman–Crippen MR) is 118 cm³/mol. The van der Waals surface area contributed by atoms with E-state index in [4.69, 9.17) is 0 Å². The largest absolute Gasteiger partial charge is 0.453 e. The molecule has 1 aliphatic rings. The molecule has 0 aromatic heterocycles. The van der Waals surface area contributed by atoms with Crippen molar-refractivity contribution >= 4 is 17.7 Å². The first kappa shape index (κ1) is 22.4. The van der Waals surface area contributed by atoms with Crippen molar-refractivity contribution in [1.82, 2.24) is 5.32 Å². The number of benzene rings is 3. The number of anilines is 1. The van der Waals surface area contributed by atoms with E-state index >= 15 is 0 Å². The zero-order valence-corrected chi connectivity index (χ0v) is 17.7. The first-order valence-corrected chi connectivity index (χ1v) is 10.3. The van der Waals surface area contributed by atoms with Crippen molar-refractivity contribution < 1.29 is 27.5 Å². The van der Waals surface area contributed by atoms with Gasteiger partial charge in [0.2, 0.25) is 0 Å². The number of fused-ring (bicyclic) bond motifs is 1. The highest BCUT2D eigenvalue weighted by molar-refractivity contribution is 6.08. The van der Waals surface area contributed by atoms with E-state index in [9.17, 15) is 22.8 Å². The molecule has 0 radical (unpaired) electrons. The Morgan fingerprint density at radius 1 is 0.939 bits per heavy atom. The molecule has 0 saturated carbocycles. The van der Waals surface area contributed by atoms with Crippen LogP contribution in [0.3, 0.4) is 0 Å². The van der Waals surface area contributed by atoms with Gasteiger partial charge in [-0.1, -0.05) is 36.4 Å². The molecule has 0 aliphatic heterocycles. The first-order valence-electron chi connectivity index (χ1n) is 10.3. The van der Waals surface area contributed by atoms with Crippen LogP contribution in [0.4, 0.5) is 23.7 Å². The van der Waals surface area contributed by atoms with E-state index in [1.54, 1.807) is 30.3 Å². The monoisotopic (exact) mass is 454 g/mol. The number of rotatable bonds is 4. The average Bonchev–Trinajstić information content (AvgIpc) is 3.20. The summed E-state index contributed by atoms with van der Waals surface area (Å²) < 4.78 is 43.3. The van der Waals surface area contributed by atoms with Gasteiger partial charge in [0.1, 0.15) is 0 Å². The lowest BCUT2D eigenvalue weighted by Gasteiger charge is -2.12. The molecule has 2 amide bonds. The number of carbonyl (C=O) groups excluding carboxylic acids is 2. The summed E-state index contributed by atoms with van der Waals surface area (Å²) in [6.07, 6.45) is -3.61. The van der Waals surface area contributed by atoms with Crippen molar-refractivity contribution in [2.75, 3.05) is 12.4 Å². The summed E-state index contributed by atoms with van der Waals surface area (Å²) in [5.41, 5.74) is 3.35. The fourth-order valence-electron chi connectivity index (χ4n) is 3.99. The van der Waals surface area contributed by atoms with E-state index in [-0.39, 0.29) is 11.9 Å². The van der Waals surface area contributed by atoms with E-state index in [0.29, 0.717) is 35.2 Å². The number of carbonyl (C=O) groups is 2. The Hall–Kier alpha value is -3.81. The molecule has 0 saturated heterocycles. The molecule has 3 aromatic rings. The van der Waals surface area contributed by atoms with E-state index < -0.39 is 17.8 Å². The molecule has 1 atom stereocenters. The van der Waals surface area contributed by atoms with Gasteiger partial charge >= 0.3 is 12.3 Å². The van der Waals surface area contributed by atoms with Crippen molar-refractivity contribution in [2.45, 2.75) is 25.1 Å². The molecule has 0 spiro atoms. The van der Waals surface area contributed by atoms with Crippen LogP contribution in [0.15, 0.2) is 66.7 Å². The van der Waals surface area contributed by atoms with Gasteiger partial charge in [0.25, 0.3) is 5.91 Å². The minimum atomic E-state index is -4.42. The SMILES string of the molecule is COC(=O)N[C@H]1Cc2ccc(NC(=O)c3ccccc3-c3ccc(C(F)(F)F)cc3)cc2C1. The van der Waals surface area contributed by atoms with Crippen LogP contribution in [0.25, 0.3) is 11.1 Å². The Labute approximate surface area is 188 Å². The molecule has 1 aliphatic carbocycles. The lowest BCUT2D eigenvalue weighted by molar-refractivity contribution is -0.137. The van der Waals surface area contributed by atoms with Gasteiger partial charge in [-0.25, -0.2) is 4.79 Å². The van der Waals surface area contributed by atoms with Crippen LogP contribution in [-0.4, -0.2) is 25.2 Å². The Kier molecular flexibility index (Phi) is 6.09. The number of hydrogen-bond donors (Lipinski definition) is 2. The van der Waals surface area contributed by atoms with Crippen molar-refractivity contribution in [2.24, 2.45) is 0 Å². The highest BCUT2D eigenvalue weighted by Crippen LogP contribution is 2.32. The van der Waals surface area contributed by atoms with Gasteiger partial charge in [0.05, 0.1) is 12.7 Å². The second-order valence-electron chi connectivity index (χ2n) is 7.80. The predicted octanol–water partition coefficient (Wildman–Crippen LogP) is 5.45. The van der Waals surface area contributed by atoms with Crippen LogP contribution in [0.5, 0.6) is 0 Å². The zero-order chi connectivity index (χ0) is 23.6.